The van der Waals surface area contributed by atoms with Crippen LogP contribution in [0.15, 0.2) is 0 Å². The fourth-order valence-corrected chi connectivity index (χ4v) is 2.84. The number of ether oxygens (including phenoxy) is 1. The summed E-state index contributed by atoms with van der Waals surface area (Å²) in [4.78, 5) is 49.5. The number of alkyl carbamates (subject to hydrolysis) is 1. The van der Waals surface area contributed by atoms with Crippen LogP contribution in [-0.2, 0) is 19.1 Å². The quantitative estimate of drug-likeness (QED) is 0.0961. The molecule has 0 aromatic heterocycles. The van der Waals surface area contributed by atoms with Gasteiger partial charge in [0.1, 0.15) is 17.7 Å². The Morgan fingerprint density at radius 3 is 2.03 bits per heavy atom. The maximum absolute atomic E-state index is 13.0. The summed E-state index contributed by atoms with van der Waals surface area (Å²) in [5, 5.41) is 36.0. The van der Waals surface area contributed by atoms with Gasteiger partial charge in [0.25, 0.3) is 0 Å². The van der Waals surface area contributed by atoms with Crippen molar-refractivity contribution in [1.29, 1.82) is 5.41 Å². The molecule has 0 rings (SSSR count). The Morgan fingerprint density at radius 2 is 1.59 bits per heavy atom. The smallest absolute Gasteiger partial charge is 0.408 e. The van der Waals surface area contributed by atoms with E-state index in [1.807, 2.05) is 0 Å². The molecule has 0 spiro atoms. The van der Waals surface area contributed by atoms with Crippen LogP contribution >= 0.6 is 0 Å². The number of carbonyl (C=O) groups is 4. The molecule has 196 valence electrons. The van der Waals surface area contributed by atoms with E-state index >= 15 is 0 Å². The monoisotopic (exact) mass is 488 g/mol. The lowest BCUT2D eigenvalue weighted by molar-refractivity contribution is -0.145. The van der Waals surface area contributed by atoms with Crippen LogP contribution in [0.25, 0.3) is 0 Å². The molecule has 0 heterocycles. The number of hydrogen-bond acceptors (Lipinski definition) is 7. The van der Waals surface area contributed by atoms with Crippen molar-refractivity contribution in [2.45, 2.75) is 90.6 Å². The van der Waals surface area contributed by atoms with Crippen LogP contribution < -0.4 is 27.0 Å². The van der Waals surface area contributed by atoms with Crippen molar-refractivity contribution in [3.8, 4) is 0 Å². The average molecular weight is 489 g/mol. The standard InChI is InChI=1S/C21H40N6O7/c1-7-11(2)14(17(30)27-15(12(3)28)18(31)32)26-16(29)13(9-8-10-24-19(22)23)25-20(33)34-21(4,5)6/h11-15,28H,7-10H2,1-6H3,(H,25,33)(H,26,29)(H,27,30)(H,31,32)(H4,22,23,24)/t11-,12-,13+,14-,15-/m0/s1. The molecule has 3 amide bonds. The SMILES string of the molecule is CC[C@H](C)[C@H](NC(=O)[C@@H](CCCNC(=N)N)NC(=O)OC(C)(C)C)C(=O)N[C@H](C(=O)O)[C@H](C)O. The molecule has 0 aromatic rings. The third-order valence-corrected chi connectivity index (χ3v) is 4.83. The molecule has 5 atom stereocenters. The number of carbonyl (C=O) groups excluding carboxylic acids is 3. The highest BCUT2D eigenvalue weighted by molar-refractivity contribution is 5.93. The molecular formula is C21H40N6O7. The zero-order valence-corrected chi connectivity index (χ0v) is 20.7. The number of aliphatic hydroxyl groups excluding tert-OH is 1. The molecule has 0 aliphatic carbocycles. The van der Waals surface area contributed by atoms with E-state index in [1.165, 1.54) is 6.92 Å². The summed E-state index contributed by atoms with van der Waals surface area (Å²) in [6.45, 7) is 10.0. The predicted octanol–water partition coefficient (Wildman–Crippen LogP) is -0.376. The van der Waals surface area contributed by atoms with Gasteiger partial charge >= 0.3 is 12.1 Å². The maximum atomic E-state index is 13.0. The third-order valence-electron chi connectivity index (χ3n) is 4.83. The number of hydrogen-bond donors (Lipinski definition) is 8. The van der Waals surface area contributed by atoms with E-state index in [2.05, 4.69) is 21.3 Å². The molecular weight excluding hydrogens is 448 g/mol. The average Bonchev–Trinajstić information content (AvgIpc) is 2.69. The minimum Gasteiger partial charge on any atom is -0.480 e. The topological polar surface area (TPSA) is 216 Å². The van der Waals surface area contributed by atoms with E-state index in [-0.39, 0.29) is 24.8 Å². The normalized spacial score (nSPS) is 15.6. The molecule has 0 aliphatic heterocycles. The van der Waals surface area contributed by atoms with Gasteiger partial charge in [0.2, 0.25) is 11.8 Å². The lowest BCUT2D eigenvalue weighted by Crippen LogP contribution is -2.59. The summed E-state index contributed by atoms with van der Waals surface area (Å²) in [5.41, 5.74) is 4.45. The predicted molar refractivity (Wildman–Crippen MR) is 125 cm³/mol. The first kappa shape index (κ1) is 30.9. The number of guanidine groups is 1. The number of amides is 3. The number of carboxylic acid groups (broad SMARTS) is 1. The van der Waals surface area contributed by atoms with E-state index in [4.69, 9.17) is 15.9 Å². The van der Waals surface area contributed by atoms with Crippen LogP contribution in [-0.4, -0.2) is 76.4 Å². The van der Waals surface area contributed by atoms with Crippen molar-refractivity contribution >= 4 is 29.8 Å². The maximum Gasteiger partial charge on any atom is 0.408 e. The molecule has 13 nitrogen and oxygen atoms in total. The largest absolute Gasteiger partial charge is 0.480 e. The van der Waals surface area contributed by atoms with Crippen LogP contribution in [0.2, 0.25) is 0 Å². The van der Waals surface area contributed by atoms with Gasteiger partial charge in [-0.15, -0.1) is 0 Å². The molecule has 0 fully saturated rings. The summed E-state index contributed by atoms with van der Waals surface area (Å²) < 4.78 is 5.22. The van der Waals surface area contributed by atoms with Gasteiger partial charge in [0, 0.05) is 6.54 Å². The second-order valence-electron chi connectivity index (χ2n) is 9.12. The summed E-state index contributed by atoms with van der Waals surface area (Å²) in [6.07, 6.45) is -1.19. The molecule has 9 N–H and O–H groups in total. The minimum atomic E-state index is -1.55. The number of carboxylic acids is 1. The van der Waals surface area contributed by atoms with E-state index in [0.717, 1.165) is 0 Å². The van der Waals surface area contributed by atoms with Crippen LogP contribution in [0.5, 0.6) is 0 Å². The van der Waals surface area contributed by atoms with Gasteiger partial charge in [-0.25, -0.2) is 9.59 Å². The Hall–Kier alpha value is -3.09. The van der Waals surface area contributed by atoms with Gasteiger partial charge in [0.15, 0.2) is 12.0 Å². The van der Waals surface area contributed by atoms with Crippen LogP contribution in [0.4, 0.5) is 4.79 Å². The molecule has 0 radical (unpaired) electrons. The summed E-state index contributed by atoms with van der Waals surface area (Å²) in [5.74, 6) is -3.47. The highest BCUT2D eigenvalue weighted by Gasteiger charge is 2.34. The fourth-order valence-electron chi connectivity index (χ4n) is 2.84. The highest BCUT2D eigenvalue weighted by Crippen LogP contribution is 2.11. The Balaban J connectivity index is 5.56. The number of nitrogens with one attached hydrogen (secondary N) is 5. The van der Waals surface area contributed by atoms with Gasteiger partial charge in [0.05, 0.1) is 6.10 Å². The van der Waals surface area contributed by atoms with E-state index in [0.29, 0.717) is 12.8 Å². The number of nitrogens with two attached hydrogens (primary N) is 1. The molecule has 13 heteroatoms. The lowest BCUT2D eigenvalue weighted by Gasteiger charge is -2.28. The fraction of sp³-hybridized carbons (Fsp3) is 0.762. The number of aliphatic hydroxyl groups is 1. The first-order chi connectivity index (χ1) is 15.6. The van der Waals surface area contributed by atoms with Gasteiger partial charge in [-0.3, -0.25) is 15.0 Å². The number of rotatable bonds is 13. The van der Waals surface area contributed by atoms with Crippen LogP contribution in [0, 0.1) is 11.3 Å². The molecule has 0 aliphatic rings. The van der Waals surface area contributed by atoms with Crippen LogP contribution in [0.1, 0.15) is 60.8 Å². The highest BCUT2D eigenvalue weighted by atomic mass is 16.6. The van der Waals surface area contributed by atoms with E-state index < -0.39 is 53.7 Å². The van der Waals surface area contributed by atoms with Gasteiger partial charge in [-0.1, -0.05) is 20.3 Å². The molecule has 34 heavy (non-hydrogen) atoms. The summed E-state index contributed by atoms with van der Waals surface area (Å²) in [7, 11) is 0. The Labute approximate surface area is 200 Å². The summed E-state index contributed by atoms with van der Waals surface area (Å²) >= 11 is 0. The second-order valence-corrected chi connectivity index (χ2v) is 9.12. The molecule has 0 saturated carbocycles. The molecule has 0 bridgehead atoms. The van der Waals surface area contributed by atoms with E-state index in [9.17, 15) is 29.4 Å². The second kappa shape index (κ2) is 14.2. The van der Waals surface area contributed by atoms with Crippen molar-refractivity contribution in [2.75, 3.05) is 6.54 Å². The number of aliphatic carboxylic acids is 1. The van der Waals surface area contributed by atoms with Crippen molar-refractivity contribution in [3.05, 3.63) is 0 Å². The summed E-state index contributed by atoms with van der Waals surface area (Å²) in [6, 6.07) is -3.74. The van der Waals surface area contributed by atoms with E-state index in [1.54, 1.807) is 34.6 Å². The Morgan fingerprint density at radius 1 is 1.03 bits per heavy atom. The molecule has 0 unspecified atom stereocenters. The van der Waals surface area contributed by atoms with Gasteiger partial charge in [-0.05, 0) is 46.5 Å². The van der Waals surface area contributed by atoms with Crippen molar-refractivity contribution in [2.24, 2.45) is 11.7 Å². The molecule has 0 saturated heterocycles. The minimum absolute atomic E-state index is 0.144. The third kappa shape index (κ3) is 12.2. The van der Waals surface area contributed by atoms with Gasteiger partial charge in [-0.2, -0.15) is 0 Å². The first-order valence-electron chi connectivity index (χ1n) is 11.2. The van der Waals surface area contributed by atoms with Crippen LogP contribution in [0.3, 0.4) is 0 Å². The zero-order chi connectivity index (χ0) is 26.6. The lowest BCUT2D eigenvalue weighted by atomic mass is 9.97. The molecule has 0 aromatic carbocycles. The van der Waals surface area contributed by atoms with Gasteiger partial charge < -0.3 is 42.0 Å². The Bertz CT molecular complexity index is 723. The van der Waals surface area contributed by atoms with Crippen molar-refractivity contribution in [3.63, 3.8) is 0 Å². The van der Waals surface area contributed by atoms with Crippen molar-refractivity contribution in [1.82, 2.24) is 21.3 Å². The Kier molecular flexibility index (Phi) is 12.9. The zero-order valence-electron chi connectivity index (χ0n) is 20.7. The van der Waals surface area contributed by atoms with Crippen molar-refractivity contribution < 1.29 is 34.1 Å². The first-order valence-corrected chi connectivity index (χ1v) is 11.2.